The van der Waals surface area contributed by atoms with Gasteiger partial charge >= 0.3 is 11.9 Å². The molecule has 19 heavy (non-hydrogen) atoms. The number of rotatable bonds is 9. The summed E-state index contributed by atoms with van der Waals surface area (Å²) in [4.78, 5) is 35.0. The van der Waals surface area contributed by atoms with Crippen LogP contribution in [-0.4, -0.2) is 63.1 Å². The standard InChI is InChI=1S/C12H22N2O5/c1-4-19-11(16)6-5-7-13-10(15)8-14(2)9-12(17)18-3/h4-9H2,1-3H3,(H,13,15). The number of amides is 1. The Labute approximate surface area is 113 Å². The molecule has 0 fully saturated rings. The lowest BCUT2D eigenvalue weighted by molar-refractivity contribution is -0.144. The van der Waals surface area contributed by atoms with Crippen molar-refractivity contribution in [3.63, 3.8) is 0 Å². The predicted octanol–water partition coefficient (Wildman–Crippen LogP) is -0.449. The Morgan fingerprint density at radius 1 is 1.16 bits per heavy atom. The van der Waals surface area contributed by atoms with Crippen molar-refractivity contribution < 1.29 is 23.9 Å². The maximum Gasteiger partial charge on any atom is 0.319 e. The topological polar surface area (TPSA) is 84.9 Å². The summed E-state index contributed by atoms with van der Waals surface area (Å²) >= 11 is 0. The molecule has 0 unspecified atom stereocenters. The van der Waals surface area contributed by atoms with Gasteiger partial charge in [0.1, 0.15) is 0 Å². The van der Waals surface area contributed by atoms with E-state index in [2.05, 4.69) is 10.1 Å². The normalized spacial score (nSPS) is 10.1. The zero-order valence-corrected chi connectivity index (χ0v) is 11.7. The van der Waals surface area contributed by atoms with Crippen LogP contribution in [0.4, 0.5) is 0 Å². The van der Waals surface area contributed by atoms with Crippen molar-refractivity contribution in [1.29, 1.82) is 0 Å². The molecule has 0 heterocycles. The minimum absolute atomic E-state index is 0.0622. The maximum absolute atomic E-state index is 11.5. The molecule has 0 bridgehead atoms. The summed E-state index contributed by atoms with van der Waals surface area (Å²) in [6.07, 6.45) is 0.817. The lowest BCUT2D eigenvalue weighted by atomic mass is 10.3. The molecule has 7 nitrogen and oxygen atoms in total. The van der Waals surface area contributed by atoms with Crippen LogP contribution >= 0.6 is 0 Å². The Morgan fingerprint density at radius 3 is 2.42 bits per heavy atom. The van der Waals surface area contributed by atoms with Crippen molar-refractivity contribution in [1.82, 2.24) is 10.2 Å². The molecular weight excluding hydrogens is 252 g/mol. The summed E-state index contributed by atoms with van der Waals surface area (Å²) in [5.41, 5.74) is 0. The van der Waals surface area contributed by atoms with Gasteiger partial charge in [0.05, 0.1) is 26.8 Å². The average molecular weight is 274 g/mol. The molecule has 0 aromatic heterocycles. The predicted molar refractivity (Wildman–Crippen MR) is 68.4 cm³/mol. The Morgan fingerprint density at radius 2 is 1.84 bits per heavy atom. The van der Waals surface area contributed by atoms with Crippen molar-refractivity contribution in [2.45, 2.75) is 19.8 Å². The van der Waals surface area contributed by atoms with E-state index in [4.69, 9.17) is 4.74 Å². The number of likely N-dealkylation sites (N-methyl/N-ethyl adjacent to an activating group) is 1. The van der Waals surface area contributed by atoms with Crippen LogP contribution in [0.5, 0.6) is 0 Å². The van der Waals surface area contributed by atoms with Gasteiger partial charge in [-0.3, -0.25) is 19.3 Å². The first-order chi connectivity index (χ1) is 8.99. The number of hydrogen-bond acceptors (Lipinski definition) is 6. The highest BCUT2D eigenvalue weighted by Gasteiger charge is 2.10. The first-order valence-corrected chi connectivity index (χ1v) is 6.17. The molecule has 0 atom stereocenters. The van der Waals surface area contributed by atoms with E-state index in [-0.39, 0.29) is 31.4 Å². The average Bonchev–Trinajstić information content (AvgIpc) is 2.34. The molecule has 7 heteroatoms. The van der Waals surface area contributed by atoms with Gasteiger partial charge in [0.2, 0.25) is 5.91 Å². The van der Waals surface area contributed by atoms with Crippen molar-refractivity contribution in [3.8, 4) is 0 Å². The Balaban J connectivity index is 3.64. The van der Waals surface area contributed by atoms with Gasteiger partial charge in [-0.2, -0.15) is 0 Å². The van der Waals surface area contributed by atoms with E-state index in [0.29, 0.717) is 19.6 Å². The van der Waals surface area contributed by atoms with E-state index in [1.165, 1.54) is 7.11 Å². The first kappa shape index (κ1) is 17.4. The molecule has 1 N–H and O–H groups in total. The molecule has 0 saturated heterocycles. The third-order valence-corrected chi connectivity index (χ3v) is 2.23. The summed E-state index contributed by atoms with van der Waals surface area (Å²) in [6, 6.07) is 0. The summed E-state index contributed by atoms with van der Waals surface area (Å²) < 4.78 is 9.24. The zero-order valence-electron chi connectivity index (χ0n) is 11.7. The number of methoxy groups -OCH3 is 1. The summed E-state index contributed by atoms with van der Waals surface area (Å²) in [7, 11) is 2.95. The Bertz CT molecular complexity index is 306. The van der Waals surface area contributed by atoms with Crippen LogP contribution in [0.25, 0.3) is 0 Å². The largest absolute Gasteiger partial charge is 0.468 e. The summed E-state index contributed by atoms with van der Waals surface area (Å²) in [6.45, 7) is 2.69. The minimum atomic E-state index is -0.391. The van der Waals surface area contributed by atoms with Gasteiger partial charge < -0.3 is 14.8 Å². The SMILES string of the molecule is CCOC(=O)CCCNC(=O)CN(C)CC(=O)OC. The van der Waals surface area contributed by atoms with Gasteiger partial charge in [0, 0.05) is 13.0 Å². The molecule has 0 aliphatic heterocycles. The quantitative estimate of drug-likeness (QED) is 0.453. The highest BCUT2D eigenvalue weighted by atomic mass is 16.5. The van der Waals surface area contributed by atoms with Gasteiger partial charge in [-0.1, -0.05) is 0 Å². The van der Waals surface area contributed by atoms with E-state index in [0.717, 1.165) is 0 Å². The van der Waals surface area contributed by atoms with Crippen molar-refractivity contribution >= 4 is 17.8 Å². The van der Waals surface area contributed by atoms with Gasteiger partial charge in [-0.15, -0.1) is 0 Å². The van der Waals surface area contributed by atoms with Crippen LogP contribution in [0.15, 0.2) is 0 Å². The number of ether oxygens (including phenoxy) is 2. The Kier molecular flexibility index (Phi) is 9.42. The van der Waals surface area contributed by atoms with E-state index in [1.54, 1.807) is 18.9 Å². The highest BCUT2D eigenvalue weighted by Crippen LogP contribution is 1.91. The van der Waals surface area contributed by atoms with E-state index >= 15 is 0 Å². The van der Waals surface area contributed by atoms with E-state index < -0.39 is 5.97 Å². The lowest BCUT2D eigenvalue weighted by Gasteiger charge is -2.14. The van der Waals surface area contributed by atoms with Crippen LogP contribution in [0, 0.1) is 0 Å². The van der Waals surface area contributed by atoms with Crippen LogP contribution in [0.1, 0.15) is 19.8 Å². The highest BCUT2D eigenvalue weighted by molar-refractivity contribution is 5.79. The van der Waals surface area contributed by atoms with Crippen LogP contribution in [0.3, 0.4) is 0 Å². The first-order valence-electron chi connectivity index (χ1n) is 6.17. The summed E-state index contributed by atoms with van der Waals surface area (Å²) in [5.74, 6) is -0.854. The number of carbonyl (C=O) groups is 3. The zero-order chi connectivity index (χ0) is 14.7. The molecule has 0 aliphatic rings. The smallest absolute Gasteiger partial charge is 0.319 e. The lowest BCUT2D eigenvalue weighted by Crippen LogP contribution is -2.38. The fourth-order valence-corrected chi connectivity index (χ4v) is 1.34. The number of hydrogen-bond donors (Lipinski definition) is 1. The second-order valence-electron chi connectivity index (χ2n) is 4.01. The molecule has 0 radical (unpaired) electrons. The molecule has 0 spiro atoms. The van der Waals surface area contributed by atoms with Crippen LogP contribution in [-0.2, 0) is 23.9 Å². The van der Waals surface area contributed by atoms with Crippen molar-refractivity contribution in [3.05, 3.63) is 0 Å². The van der Waals surface area contributed by atoms with Crippen molar-refractivity contribution in [2.24, 2.45) is 0 Å². The minimum Gasteiger partial charge on any atom is -0.468 e. The third-order valence-electron chi connectivity index (χ3n) is 2.23. The van der Waals surface area contributed by atoms with Crippen LogP contribution in [0.2, 0.25) is 0 Å². The monoisotopic (exact) mass is 274 g/mol. The number of nitrogens with zero attached hydrogens (tertiary/aromatic N) is 1. The molecule has 0 aromatic carbocycles. The molecule has 0 saturated carbocycles. The second kappa shape index (κ2) is 10.3. The molecular formula is C12H22N2O5. The fraction of sp³-hybridized carbons (Fsp3) is 0.750. The van der Waals surface area contributed by atoms with E-state index in [9.17, 15) is 14.4 Å². The van der Waals surface area contributed by atoms with Gasteiger partial charge in [-0.25, -0.2) is 0 Å². The number of esters is 2. The molecule has 1 amide bonds. The maximum atomic E-state index is 11.5. The van der Waals surface area contributed by atoms with Crippen molar-refractivity contribution in [2.75, 3.05) is 40.4 Å². The Hall–Kier alpha value is -1.63. The van der Waals surface area contributed by atoms with Gasteiger partial charge in [0.15, 0.2) is 0 Å². The molecule has 0 aliphatic carbocycles. The molecule has 0 rings (SSSR count). The molecule has 0 aromatic rings. The van der Waals surface area contributed by atoms with Crippen LogP contribution < -0.4 is 5.32 Å². The fourth-order valence-electron chi connectivity index (χ4n) is 1.34. The summed E-state index contributed by atoms with van der Waals surface area (Å²) in [5, 5.41) is 2.66. The third kappa shape index (κ3) is 10.0. The number of nitrogens with one attached hydrogen (secondary N) is 1. The number of carbonyl (C=O) groups excluding carboxylic acids is 3. The second-order valence-corrected chi connectivity index (χ2v) is 4.01. The van der Waals surface area contributed by atoms with Gasteiger partial charge in [-0.05, 0) is 20.4 Å². The van der Waals surface area contributed by atoms with E-state index in [1.807, 2.05) is 0 Å². The molecule has 110 valence electrons. The van der Waals surface area contributed by atoms with Gasteiger partial charge in [0.25, 0.3) is 0 Å².